The molecule has 1 aromatic heterocycles. The maximum atomic E-state index is 13.0. The molecule has 0 bridgehead atoms. The van der Waals surface area contributed by atoms with E-state index in [2.05, 4.69) is 0 Å². The van der Waals surface area contributed by atoms with Crippen molar-refractivity contribution >= 4 is 17.7 Å². The second-order valence-corrected chi connectivity index (χ2v) is 7.48. The van der Waals surface area contributed by atoms with Crippen LogP contribution in [-0.2, 0) is 9.59 Å². The Morgan fingerprint density at radius 3 is 2.07 bits per heavy atom. The van der Waals surface area contributed by atoms with E-state index in [1.165, 1.54) is 6.26 Å². The summed E-state index contributed by atoms with van der Waals surface area (Å²) >= 11 is 0. The third kappa shape index (κ3) is 4.70. The van der Waals surface area contributed by atoms with Gasteiger partial charge in [0.1, 0.15) is 5.41 Å². The summed E-state index contributed by atoms with van der Waals surface area (Å²) in [5.41, 5.74) is -1.10. The van der Waals surface area contributed by atoms with Crippen molar-refractivity contribution in [2.75, 3.05) is 39.3 Å². The standard InChI is InChI=1S/C20H31N3O4/c1-5-9-22(10-6-2)18(25)20(3,4)19(26)23-13-11-21(12-14-23)17(24)16-8-7-15-27-16/h7-8,15H,5-6,9-14H2,1-4H3. The minimum absolute atomic E-state index is 0.120. The van der Waals surface area contributed by atoms with Crippen LogP contribution in [0.15, 0.2) is 22.8 Å². The molecule has 0 aromatic carbocycles. The van der Waals surface area contributed by atoms with E-state index in [1.807, 2.05) is 13.8 Å². The van der Waals surface area contributed by atoms with E-state index in [9.17, 15) is 14.4 Å². The van der Waals surface area contributed by atoms with Gasteiger partial charge < -0.3 is 19.1 Å². The van der Waals surface area contributed by atoms with Crippen molar-refractivity contribution in [2.24, 2.45) is 5.41 Å². The van der Waals surface area contributed by atoms with Gasteiger partial charge in [-0.15, -0.1) is 0 Å². The van der Waals surface area contributed by atoms with Gasteiger partial charge in [0.2, 0.25) is 11.8 Å². The van der Waals surface area contributed by atoms with E-state index in [1.54, 1.807) is 40.7 Å². The minimum Gasteiger partial charge on any atom is -0.459 e. The van der Waals surface area contributed by atoms with Gasteiger partial charge in [-0.25, -0.2) is 0 Å². The summed E-state index contributed by atoms with van der Waals surface area (Å²) in [5, 5.41) is 0. The van der Waals surface area contributed by atoms with E-state index in [0.717, 1.165) is 12.8 Å². The fraction of sp³-hybridized carbons (Fsp3) is 0.650. The molecule has 7 nitrogen and oxygen atoms in total. The van der Waals surface area contributed by atoms with Crippen LogP contribution in [0.5, 0.6) is 0 Å². The molecule has 27 heavy (non-hydrogen) atoms. The number of rotatable bonds is 7. The maximum Gasteiger partial charge on any atom is 0.289 e. The molecule has 1 fully saturated rings. The highest BCUT2D eigenvalue weighted by Crippen LogP contribution is 2.24. The molecule has 2 heterocycles. The first-order chi connectivity index (χ1) is 12.8. The number of amides is 3. The second kappa shape index (κ2) is 9.06. The van der Waals surface area contributed by atoms with Gasteiger partial charge in [-0.1, -0.05) is 13.8 Å². The molecule has 150 valence electrons. The van der Waals surface area contributed by atoms with Gasteiger partial charge in [-0.3, -0.25) is 14.4 Å². The van der Waals surface area contributed by atoms with E-state index >= 15 is 0 Å². The maximum absolute atomic E-state index is 13.0. The van der Waals surface area contributed by atoms with Gasteiger partial charge in [0.25, 0.3) is 5.91 Å². The highest BCUT2D eigenvalue weighted by atomic mass is 16.3. The van der Waals surface area contributed by atoms with Crippen molar-refractivity contribution in [3.63, 3.8) is 0 Å². The Morgan fingerprint density at radius 1 is 1.04 bits per heavy atom. The molecule has 0 spiro atoms. The summed E-state index contributed by atoms with van der Waals surface area (Å²) in [6.07, 6.45) is 3.20. The summed E-state index contributed by atoms with van der Waals surface area (Å²) in [5.74, 6) is -0.153. The van der Waals surface area contributed by atoms with Crippen molar-refractivity contribution in [2.45, 2.75) is 40.5 Å². The van der Waals surface area contributed by atoms with E-state index < -0.39 is 5.41 Å². The number of hydrogen-bond donors (Lipinski definition) is 0. The number of nitrogens with zero attached hydrogens (tertiary/aromatic N) is 3. The predicted octanol–water partition coefficient (Wildman–Crippen LogP) is 2.24. The molecule has 0 unspecified atom stereocenters. The molecule has 0 radical (unpaired) electrons. The van der Waals surface area contributed by atoms with E-state index in [4.69, 9.17) is 4.42 Å². The van der Waals surface area contributed by atoms with Crippen LogP contribution in [0.2, 0.25) is 0 Å². The summed E-state index contributed by atoms with van der Waals surface area (Å²) in [7, 11) is 0. The molecule has 7 heteroatoms. The van der Waals surface area contributed by atoms with Crippen molar-refractivity contribution in [1.82, 2.24) is 14.7 Å². The van der Waals surface area contributed by atoms with Crippen molar-refractivity contribution in [3.05, 3.63) is 24.2 Å². The monoisotopic (exact) mass is 377 g/mol. The quantitative estimate of drug-likeness (QED) is 0.683. The Hall–Kier alpha value is -2.31. The average Bonchev–Trinajstić information content (AvgIpc) is 3.21. The third-order valence-corrected chi connectivity index (χ3v) is 4.93. The Labute approximate surface area is 161 Å². The van der Waals surface area contributed by atoms with Gasteiger partial charge in [0, 0.05) is 39.3 Å². The summed E-state index contributed by atoms with van der Waals surface area (Å²) < 4.78 is 5.16. The Kier molecular flexibility index (Phi) is 7.05. The largest absolute Gasteiger partial charge is 0.459 e. The van der Waals surface area contributed by atoms with Crippen LogP contribution in [0.25, 0.3) is 0 Å². The topological polar surface area (TPSA) is 74.1 Å². The zero-order chi connectivity index (χ0) is 20.0. The highest BCUT2D eigenvalue weighted by Gasteiger charge is 2.42. The van der Waals surface area contributed by atoms with Crippen molar-refractivity contribution < 1.29 is 18.8 Å². The van der Waals surface area contributed by atoms with Crippen LogP contribution in [0.1, 0.15) is 51.1 Å². The van der Waals surface area contributed by atoms with Gasteiger partial charge >= 0.3 is 0 Å². The Bertz CT molecular complexity index is 640. The van der Waals surface area contributed by atoms with Gasteiger partial charge in [-0.05, 0) is 38.8 Å². The average molecular weight is 377 g/mol. The molecule has 0 aliphatic carbocycles. The van der Waals surface area contributed by atoms with E-state index in [0.29, 0.717) is 45.0 Å². The lowest BCUT2D eigenvalue weighted by Crippen LogP contribution is -2.56. The van der Waals surface area contributed by atoms with Gasteiger partial charge in [0.15, 0.2) is 5.76 Å². The zero-order valence-electron chi connectivity index (χ0n) is 16.9. The van der Waals surface area contributed by atoms with Crippen molar-refractivity contribution in [3.8, 4) is 0 Å². The van der Waals surface area contributed by atoms with E-state index in [-0.39, 0.29) is 17.7 Å². The molecule has 1 aliphatic rings. The molecule has 0 atom stereocenters. The Morgan fingerprint density at radius 2 is 1.59 bits per heavy atom. The molecule has 0 saturated carbocycles. The number of carbonyl (C=O) groups is 3. The highest BCUT2D eigenvalue weighted by molar-refractivity contribution is 6.04. The fourth-order valence-corrected chi connectivity index (χ4v) is 3.41. The molecular formula is C20H31N3O4. The molecule has 1 aromatic rings. The van der Waals surface area contributed by atoms with Gasteiger partial charge in [0.05, 0.1) is 6.26 Å². The lowest BCUT2D eigenvalue weighted by Gasteiger charge is -2.39. The normalized spacial score (nSPS) is 15.0. The van der Waals surface area contributed by atoms with Crippen LogP contribution in [0.3, 0.4) is 0 Å². The molecule has 1 saturated heterocycles. The lowest BCUT2D eigenvalue weighted by atomic mass is 9.89. The minimum atomic E-state index is -1.10. The SMILES string of the molecule is CCCN(CCC)C(=O)C(C)(C)C(=O)N1CCN(C(=O)c2ccco2)CC1. The summed E-state index contributed by atoms with van der Waals surface area (Å²) in [4.78, 5) is 43.5. The fourth-order valence-electron chi connectivity index (χ4n) is 3.41. The number of hydrogen-bond acceptors (Lipinski definition) is 4. The second-order valence-electron chi connectivity index (χ2n) is 7.48. The molecule has 0 N–H and O–H groups in total. The molecular weight excluding hydrogens is 346 g/mol. The molecule has 1 aliphatic heterocycles. The number of furan rings is 1. The first-order valence-electron chi connectivity index (χ1n) is 9.74. The first kappa shape index (κ1) is 21.0. The van der Waals surface area contributed by atoms with Crippen LogP contribution < -0.4 is 0 Å². The summed E-state index contributed by atoms with van der Waals surface area (Å²) in [6, 6.07) is 3.32. The van der Waals surface area contributed by atoms with Crippen LogP contribution in [0.4, 0.5) is 0 Å². The number of carbonyl (C=O) groups excluding carboxylic acids is 3. The first-order valence-corrected chi connectivity index (χ1v) is 9.74. The van der Waals surface area contributed by atoms with Crippen molar-refractivity contribution in [1.29, 1.82) is 0 Å². The third-order valence-electron chi connectivity index (χ3n) is 4.93. The summed E-state index contributed by atoms with van der Waals surface area (Å²) in [6.45, 7) is 10.5. The Balaban J connectivity index is 1.98. The predicted molar refractivity (Wildman–Crippen MR) is 102 cm³/mol. The van der Waals surface area contributed by atoms with Crippen LogP contribution >= 0.6 is 0 Å². The molecule has 3 amide bonds. The van der Waals surface area contributed by atoms with Crippen LogP contribution in [-0.4, -0.2) is 71.7 Å². The van der Waals surface area contributed by atoms with Gasteiger partial charge in [-0.2, -0.15) is 0 Å². The smallest absolute Gasteiger partial charge is 0.289 e. The zero-order valence-corrected chi connectivity index (χ0v) is 16.9. The molecule has 2 rings (SSSR count). The lowest BCUT2D eigenvalue weighted by molar-refractivity contribution is -0.155. The van der Waals surface area contributed by atoms with Crippen LogP contribution in [0, 0.1) is 5.41 Å². The number of piperazine rings is 1.